The zero-order valence-corrected chi connectivity index (χ0v) is 18.4. The Morgan fingerprint density at radius 2 is 1.56 bits per heavy atom. The number of carbonyl (C=O) groups is 2. The summed E-state index contributed by atoms with van der Waals surface area (Å²) < 4.78 is 11.1. The van der Waals surface area contributed by atoms with E-state index in [1.54, 1.807) is 0 Å². The summed E-state index contributed by atoms with van der Waals surface area (Å²) in [6, 6.07) is 0. The van der Waals surface area contributed by atoms with Crippen molar-refractivity contribution in [2.75, 3.05) is 39.5 Å². The van der Waals surface area contributed by atoms with E-state index < -0.39 is 5.41 Å². The maximum absolute atomic E-state index is 12.3. The van der Waals surface area contributed by atoms with Crippen molar-refractivity contribution < 1.29 is 19.1 Å². The molecule has 0 aromatic heterocycles. The van der Waals surface area contributed by atoms with Gasteiger partial charge in [0, 0.05) is 31.0 Å². The van der Waals surface area contributed by atoms with Crippen LogP contribution in [-0.4, -0.2) is 51.3 Å². The first-order valence-corrected chi connectivity index (χ1v) is 10.5. The first-order valence-electron chi connectivity index (χ1n) is 10.5. The van der Waals surface area contributed by atoms with Gasteiger partial charge in [-0.1, -0.05) is 54.4 Å². The average molecular weight is 387 g/mol. The van der Waals surface area contributed by atoms with Gasteiger partial charge in [0.05, 0.1) is 19.8 Å². The van der Waals surface area contributed by atoms with Gasteiger partial charge < -0.3 is 20.1 Å². The number of carbonyl (C=O) groups excluding carboxylic acids is 2. The molecule has 0 rings (SSSR count). The molecule has 0 aliphatic carbocycles. The minimum absolute atomic E-state index is 0.00794. The molecule has 0 radical (unpaired) electrons. The van der Waals surface area contributed by atoms with E-state index in [9.17, 15) is 9.59 Å². The topological polar surface area (TPSA) is 76.7 Å². The van der Waals surface area contributed by atoms with E-state index >= 15 is 0 Å². The van der Waals surface area contributed by atoms with Gasteiger partial charge in [-0.2, -0.15) is 0 Å². The summed E-state index contributed by atoms with van der Waals surface area (Å²) in [5, 5.41) is 5.81. The highest BCUT2D eigenvalue weighted by Gasteiger charge is 2.26. The minimum atomic E-state index is -0.457. The van der Waals surface area contributed by atoms with Gasteiger partial charge in [-0.25, -0.2) is 0 Å². The van der Waals surface area contributed by atoms with Crippen LogP contribution < -0.4 is 10.6 Å². The van der Waals surface area contributed by atoms with E-state index in [4.69, 9.17) is 9.47 Å². The molecule has 0 aliphatic heterocycles. The fourth-order valence-corrected chi connectivity index (χ4v) is 2.53. The molecule has 6 nitrogen and oxygen atoms in total. The lowest BCUT2D eigenvalue weighted by molar-refractivity contribution is -0.130. The summed E-state index contributed by atoms with van der Waals surface area (Å²) in [5.41, 5.74) is -0.457. The fraction of sp³-hybridized carbons (Fsp3) is 0.905. The Balaban J connectivity index is 3.73. The molecule has 0 aromatic rings. The first kappa shape index (κ1) is 25.9. The number of rotatable bonds is 16. The highest BCUT2D eigenvalue weighted by molar-refractivity contribution is 5.81. The van der Waals surface area contributed by atoms with Crippen molar-refractivity contribution in [1.29, 1.82) is 0 Å². The lowest BCUT2D eigenvalue weighted by Crippen LogP contribution is -2.39. The molecule has 0 aliphatic rings. The van der Waals surface area contributed by atoms with Crippen LogP contribution in [0.3, 0.4) is 0 Å². The largest absolute Gasteiger partial charge is 0.379 e. The van der Waals surface area contributed by atoms with Crippen LogP contribution in [0.1, 0.15) is 67.2 Å². The lowest BCUT2D eigenvalue weighted by Gasteiger charge is -2.23. The quantitative estimate of drug-likeness (QED) is 0.400. The van der Waals surface area contributed by atoms with Crippen LogP contribution in [0.2, 0.25) is 0 Å². The summed E-state index contributed by atoms with van der Waals surface area (Å²) in [4.78, 5) is 23.8. The number of amides is 2. The normalized spacial score (nSPS) is 11.9. The fourth-order valence-electron chi connectivity index (χ4n) is 2.53. The molecule has 0 spiro atoms. The van der Waals surface area contributed by atoms with Gasteiger partial charge in [-0.15, -0.1) is 0 Å². The maximum atomic E-state index is 12.3. The van der Waals surface area contributed by atoms with Crippen LogP contribution >= 0.6 is 0 Å². The Bertz CT molecular complexity index is 407. The van der Waals surface area contributed by atoms with Gasteiger partial charge >= 0.3 is 0 Å². The van der Waals surface area contributed by atoms with E-state index in [-0.39, 0.29) is 17.7 Å². The number of hydrogen-bond acceptors (Lipinski definition) is 4. The van der Waals surface area contributed by atoms with Crippen LogP contribution in [0.25, 0.3) is 0 Å². The molecule has 0 aromatic carbocycles. The third kappa shape index (κ3) is 12.8. The molecular weight excluding hydrogens is 344 g/mol. The van der Waals surface area contributed by atoms with E-state index in [0.29, 0.717) is 38.8 Å². The molecule has 0 saturated carbocycles. The van der Waals surface area contributed by atoms with Gasteiger partial charge in [0.25, 0.3) is 0 Å². The summed E-state index contributed by atoms with van der Waals surface area (Å²) in [6.45, 7) is 15.5. The van der Waals surface area contributed by atoms with Crippen molar-refractivity contribution in [3.8, 4) is 0 Å². The molecule has 0 heterocycles. The minimum Gasteiger partial charge on any atom is -0.379 e. The molecule has 0 atom stereocenters. The smallest absolute Gasteiger partial charge is 0.225 e. The maximum Gasteiger partial charge on any atom is 0.225 e. The Morgan fingerprint density at radius 1 is 0.926 bits per heavy atom. The molecule has 0 unspecified atom stereocenters. The molecule has 0 bridgehead atoms. The standard InChI is InChI=1S/C21H42N2O4/c1-7-18(8-2)16-27-15-14-26-13-12-23-20(25)21(5,6)10-9-11-22-19(24)17(3)4/h17-18H,7-16H2,1-6H3,(H,22,24)(H,23,25). The van der Waals surface area contributed by atoms with Gasteiger partial charge in [0.15, 0.2) is 0 Å². The van der Waals surface area contributed by atoms with Crippen molar-refractivity contribution in [2.24, 2.45) is 17.3 Å². The van der Waals surface area contributed by atoms with Gasteiger partial charge in [0.1, 0.15) is 0 Å². The van der Waals surface area contributed by atoms with Crippen LogP contribution in [0.15, 0.2) is 0 Å². The van der Waals surface area contributed by atoms with Crippen LogP contribution in [0.5, 0.6) is 0 Å². The summed E-state index contributed by atoms with van der Waals surface area (Å²) in [6.07, 6.45) is 3.79. The SMILES string of the molecule is CCC(CC)COCCOCCNC(=O)C(C)(C)CCCNC(=O)C(C)C. The molecule has 2 amide bonds. The summed E-state index contributed by atoms with van der Waals surface area (Å²) in [7, 11) is 0. The average Bonchev–Trinajstić information content (AvgIpc) is 2.63. The Labute approximate surface area is 166 Å². The number of hydrogen-bond donors (Lipinski definition) is 2. The summed E-state index contributed by atoms with van der Waals surface area (Å²) in [5.74, 6) is 0.696. The van der Waals surface area contributed by atoms with E-state index in [1.807, 2.05) is 27.7 Å². The number of ether oxygens (including phenoxy) is 2. The van der Waals surface area contributed by atoms with Crippen LogP contribution in [0.4, 0.5) is 0 Å². The molecule has 160 valence electrons. The Kier molecular flexibility index (Phi) is 14.2. The summed E-state index contributed by atoms with van der Waals surface area (Å²) >= 11 is 0. The Morgan fingerprint density at radius 3 is 2.15 bits per heavy atom. The molecule has 2 N–H and O–H groups in total. The van der Waals surface area contributed by atoms with Crippen molar-refractivity contribution in [1.82, 2.24) is 10.6 Å². The zero-order valence-electron chi connectivity index (χ0n) is 18.4. The second kappa shape index (κ2) is 14.9. The third-order valence-electron chi connectivity index (χ3n) is 4.83. The highest BCUT2D eigenvalue weighted by Crippen LogP contribution is 2.22. The molecule has 0 fully saturated rings. The molecular formula is C21H42N2O4. The van der Waals surface area contributed by atoms with Crippen molar-refractivity contribution in [2.45, 2.75) is 67.2 Å². The van der Waals surface area contributed by atoms with Crippen molar-refractivity contribution in [3.05, 3.63) is 0 Å². The predicted octanol–water partition coefficient (Wildman–Crippen LogP) is 3.15. The van der Waals surface area contributed by atoms with E-state index in [2.05, 4.69) is 24.5 Å². The predicted molar refractivity (Wildman–Crippen MR) is 110 cm³/mol. The van der Waals surface area contributed by atoms with Crippen molar-refractivity contribution >= 4 is 11.8 Å². The van der Waals surface area contributed by atoms with Gasteiger partial charge in [-0.05, 0) is 18.8 Å². The van der Waals surface area contributed by atoms with E-state index in [0.717, 1.165) is 32.3 Å². The first-order chi connectivity index (χ1) is 12.7. The zero-order chi connectivity index (χ0) is 20.7. The number of nitrogens with one attached hydrogen (secondary N) is 2. The highest BCUT2D eigenvalue weighted by atomic mass is 16.5. The van der Waals surface area contributed by atoms with Gasteiger partial charge in [-0.3, -0.25) is 9.59 Å². The van der Waals surface area contributed by atoms with Gasteiger partial charge in [0.2, 0.25) is 11.8 Å². The van der Waals surface area contributed by atoms with Crippen molar-refractivity contribution in [3.63, 3.8) is 0 Å². The van der Waals surface area contributed by atoms with E-state index in [1.165, 1.54) is 0 Å². The van der Waals surface area contributed by atoms with Crippen LogP contribution in [-0.2, 0) is 19.1 Å². The monoisotopic (exact) mass is 386 g/mol. The molecule has 27 heavy (non-hydrogen) atoms. The molecule has 0 saturated heterocycles. The Hall–Kier alpha value is -1.14. The lowest BCUT2D eigenvalue weighted by atomic mass is 9.86. The second-order valence-corrected chi connectivity index (χ2v) is 8.06. The van der Waals surface area contributed by atoms with Crippen LogP contribution in [0, 0.1) is 17.3 Å². The second-order valence-electron chi connectivity index (χ2n) is 8.06. The molecule has 6 heteroatoms. The third-order valence-corrected chi connectivity index (χ3v) is 4.83.